The highest BCUT2D eigenvalue weighted by molar-refractivity contribution is 5.85. The number of ether oxygens (including phenoxy) is 1. The minimum absolute atomic E-state index is 0.0580. The Hall–Kier alpha value is -1.77. The summed E-state index contributed by atoms with van der Waals surface area (Å²) in [7, 11) is 1.63. The molecule has 1 aromatic rings. The molecule has 0 spiro atoms. The maximum Gasteiger partial charge on any atom is 0.231 e. The van der Waals surface area contributed by atoms with E-state index in [1.54, 1.807) is 13.3 Å². The van der Waals surface area contributed by atoms with Gasteiger partial charge in [-0.2, -0.15) is 0 Å². The summed E-state index contributed by atoms with van der Waals surface area (Å²) in [5.74, 6) is 0.800. The van der Waals surface area contributed by atoms with E-state index in [0.717, 1.165) is 17.7 Å². The molecule has 1 unspecified atom stereocenters. The van der Waals surface area contributed by atoms with E-state index in [1.165, 1.54) is 0 Å². The minimum atomic E-state index is -0.0686. The highest BCUT2D eigenvalue weighted by Gasteiger charge is 2.20. The van der Waals surface area contributed by atoms with Crippen LogP contribution < -0.4 is 10.1 Å². The normalized spacial score (nSPS) is 19.8. The van der Waals surface area contributed by atoms with E-state index in [0.29, 0.717) is 0 Å². The van der Waals surface area contributed by atoms with Crippen LogP contribution in [0.3, 0.4) is 0 Å². The maximum absolute atomic E-state index is 11.6. The van der Waals surface area contributed by atoms with Crippen molar-refractivity contribution in [2.75, 3.05) is 7.11 Å². The lowest BCUT2D eigenvalue weighted by Crippen LogP contribution is -2.27. The number of rotatable bonds is 2. The van der Waals surface area contributed by atoms with Gasteiger partial charge in [-0.1, -0.05) is 18.2 Å². The molecule has 1 atom stereocenters. The number of benzene rings is 1. The van der Waals surface area contributed by atoms with Crippen molar-refractivity contribution in [1.82, 2.24) is 5.32 Å². The Morgan fingerprint density at radius 1 is 1.33 bits per heavy atom. The lowest BCUT2D eigenvalue weighted by molar-refractivity contribution is -0.121. The second-order valence-electron chi connectivity index (χ2n) is 3.47. The van der Waals surface area contributed by atoms with E-state index in [1.807, 2.05) is 30.3 Å². The molecule has 2 rings (SSSR count). The Balaban J connectivity index is 2.21. The molecule has 3 heteroatoms. The fraction of sp³-hybridized carbons (Fsp3) is 0.250. The number of nitrogens with one attached hydrogen (secondary N) is 1. The summed E-state index contributed by atoms with van der Waals surface area (Å²) in [5, 5.41) is 2.71. The molecule has 0 radical (unpaired) electrons. The van der Waals surface area contributed by atoms with E-state index in [2.05, 4.69) is 5.32 Å². The quantitative estimate of drug-likeness (QED) is 0.796. The SMILES string of the molecule is COc1ccc(C2CC=CNC2=O)cc1. The van der Waals surface area contributed by atoms with Crippen LogP contribution in [0.2, 0.25) is 0 Å². The third-order valence-corrected chi connectivity index (χ3v) is 2.55. The van der Waals surface area contributed by atoms with Crippen LogP contribution in [0, 0.1) is 0 Å². The number of carbonyl (C=O) groups excluding carboxylic acids is 1. The van der Waals surface area contributed by atoms with Crippen LogP contribution >= 0.6 is 0 Å². The Labute approximate surface area is 88.8 Å². The van der Waals surface area contributed by atoms with Crippen LogP contribution in [0.1, 0.15) is 17.9 Å². The molecule has 78 valence electrons. The summed E-state index contributed by atoms with van der Waals surface area (Å²) in [6, 6.07) is 7.62. The molecular weight excluding hydrogens is 190 g/mol. The zero-order valence-electron chi connectivity index (χ0n) is 8.57. The molecule has 0 saturated carbocycles. The Morgan fingerprint density at radius 3 is 2.67 bits per heavy atom. The van der Waals surface area contributed by atoms with Gasteiger partial charge < -0.3 is 10.1 Å². The molecule has 1 amide bonds. The van der Waals surface area contributed by atoms with Crippen molar-refractivity contribution in [2.24, 2.45) is 0 Å². The number of carbonyl (C=O) groups is 1. The third-order valence-electron chi connectivity index (χ3n) is 2.55. The van der Waals surface area contributed by atoms with Crippen molar-refractivity contribution in [3.8, 4) is 5.75 Å². The highest BCUT2D eigenvalue weighted by Crippen LogP contribution is 2.24. The molecule has 0 saturated heterocycles. The molecule has 1 aromatic carbocycles. The Bertz CT molecular complexity index is 381. The van der Waals surface area contributed by atoms with Crippen molar-refractivity contribution in [2.45, 2.75) is 12.3 Å². The van der Waals surface area contributed by atoms with Crippen molar-refractivity contribution in [1.29, 1.82) is 0 Å². The zero-order chi connectivity index (χ0) is 10.7. The first-order chi connectivity index (χ1) is 7.31. The van der Waals surface area contributed by atoms with Gasteiger partial charge in [-0.05, 0) is 30.3 Å². The second kappa shape index (κ2) is 4.17. The van der Waals surface area contributed by atoms with Crippen molar-refractivity contribution >= 4 is 5.91 Å². The molecule has 15 heavy (non-hydrogen) atoms. The van der Waals surface area contributed by atoms with Gasteiger partial charge in [0.05, 0.1) is 13.0 Å². The fourth-order valence-electron chi connectivity index (χ4n) is 1.68. The number of hydrogen-bond acceptors (Lipinski definition) is 2. The van der Waals surface area contributed by atoms with E-state index in [-0.39, 0.29) is 11.8 Å². The van der Waals surface area contributed by atoms with Gasteiger partial charge in [0.1, 0.15) is 5.75 Å². The summed E-state index contributed by atoms with van der Waals surface area (Å²) in [6.45, 7) is 0. The van der Waals surface area contributed by atoms with Gasteiger partial charge in [0.15, 0.2) is 0 Å². The predicted molar refractivity (Wildman–Crippen MR) is 57.6 cm³/mol. The van der Waals surface area contributed by atoms with E-state index in [9.17, 15) is 4.79 Å². The molecule has 0 aromatic heterocycles. The summed E-state index contributed by atoms with van der Waals surface area (Å²) >= 11 is 0. The van der Waals surface area contributed by atoms with Crippen LogP contribution in [0.5, 0.6) is 5.75 Å². The van der Waals surface area contributed by atoms with Gasteiger partial charge in [-0.3, -0.25) is 4.79 Å². The van der Waals surface area contributed by atoms with Gasteiger partial charge in [0.25, 0.3) is 0 Å². The van der Waals surface area contributed by atoms with E-state index < -0.39 is 0 Å². The lowest BCUT2D eigenvalue weighted by Gasteiger charge is -2.17. The topological polar surface area (TPSA) is 38.3 Å². The zero-order valence-corrected chi connectivity index (χ0v) is 8.57. The van der Waals surface area contributed by atoms with Crippen molar-refractivity contribution in [3.05, 3.63) is 42.1 Å². The number of methoxy groups -OCH3 is 1. The first-order valence-corrected chi connectivity index (χ1v) is 4.90. The molecule has 3 nitrogen and oxygen atoms in total. The maximum atomic E-state index is 11.6. The summed E-state index contributed by atoms with van der Waals surface area (Å²) in [4.78, 5) is 11.6. The highest BCUT2D eigenvalue weighted by atomic mass is 16.5. The first-order valence-electron chi connectivity index (χ1n) is 4.90. The number of hydrogen-bond donors (Lipinski definition) is 1. The molecule has 0 bridgehead atoms. The molecular formula is C12H13NO2. The van der Waals surface area contributed by atoms with Crippen molar-refractivity contribution < 1.29 is 9.53 Å². The van der Waals surface area contributed by atoms with E-state index >= 15 is 0 Å². The molecule has 1 aliphatic rings. The standard InChI is InChI=1S/C12H13NO2/c1-15-10-6-4-9(5-7-10)11-3-2-8-13-12(11)14/h2,4-8,11H,3H2,1H3,(H,13,14). The second-order valence-corrected chi connectivity index (χ2v) is 3.47. The van der Waals surface area contributed by atoms with Crippen LogP contribution in [0.4, 0.5) is 0 Å². The van der Waals surface area contributed by atoms with Gasteiger partial charge >= 0.3 is 0 Å². The smallest absolute Gasteiger partial charge is 0.231 e. The van der Waals surface area contributed by atoms with Crippen LogP contribution in [-0.4, -0.2) is 13.0 Å². The minimum Gasteiger partial charge on any atom is -0.497 e. The predicted octanol–water partition coefficient (Wildman–Crippen LogP) is 1.81. The van der Waals surface area contributed by atoms with Crippen LogP contribution in [0.15, 0.2) is 36.5 Å². The van der Waals surface area contributed by atoms with Crippen molar-refractivity contribution in [3.63, 3.8) is 0 Å². The van der Waals surface area contributed by atoms with Crippen LogP contribution in [-0.2, 0) is 4.79 Å². The Kier molecular flexibility index (Phi) is 2.72. The van der Waals surface area contributed by atoms with E-state index in [4.69, 9.17) is 4.74 Å². The average molecular weight is 203 g/mol. The Morgan fingerprint density at radius 2 is 2.07 bits per heavy atom. The largest absolute Gasteiger partial charge is 0.497 e. The average Bonchev–Trinajstić information content (AvgIpc) is 2.30. The molecule has 1 heterocycles. The first kappa shape index (κ1) is 9.77. The number of amides is 1. The van der Waals surface area contributed by atoms with Gasteiger partial charge in [-0.25, -0.2) is 0 Å². The van der Waals surface area contributed by atoms with Crippen LogP contribution in [0.25, 0.3) is 0 Å². The van der Waals surface area contributed by atoms with Gasteiger partial charge in [0.2, 0.25) is 5.91 Å². The summed E-state index contributed by atoms with van der Waals surface area (Å²) in [5.41, 5.74) is 1.03. The monoisotopic (exact) mass is 203 g/mol. The van der Waals surface area contributed by atoms with Gasteiger partial charge in [0, 0.05) is 0 Å². The summed E-state index contributed by atoms with van der Waals surface area (Å²) in [6.07, 6.45) is 4.43. The fourth-order valence-corrected chi connectivity index (χ4v) is 1.68. The van der Waals surface area contributed by atoms with Gasteiger partial charge in [-0.15, -0.1) is 0 Å². The molecule has 0 aliphatic carbocycles. The molecule has 1 aliphatic heterocycles. The molecule has 0 fully saturated rings. The summed E-state index contributed by atoms with van der Waals surface area (Å²) < 4.78 is 5.07. The number of allylic oxidation sites excluding steroid dienone is 1. The molecule has 1 N–H and O–H groups in total. The third kappa shape index (κ3) is 2.01. The lowest BCUT2D eigenvalue weighted by atomic mass is 9.93.